The fourth-order valence-corrected chi connectivity index (χ4v) is 3.40. The Bertz CT molecular complexity index is 1030. The summed E-state index contributed by atoms with van der Waals surface area (Å²) in [5.74, 6) is -0.557. The summed E-state index contributed by atoms with van der Waals surface area (Å²) in [6, 6.07) is 6.21. The van der Waals surface area contributed by atoms with E-state index in [2.05, 4.69) is 10.3 Å². The van der Waals surface area contributed by atoms with E-state index in [4.69, 9.17) is 0 Å². The number of carbonyl (C=O) groups is 1. The second kappa shape index (κ2) is 7.49. The number of carbonyl (C=O) groups excluding carboxylic acids is 1. The van der Waals surface area contributed by atoms with Crippen LogP contribution in [0.15, 0.2) is 46.7 Å². The van der Waals surface area contributed by atoms with E-state index < -0.39 is 17.6 Å². The molecule has 0 aliphatic rings. The van der Waals surface area contributed by atoms with Crippen LogP contribution in [0.2, 0.25) is 0 Å². The van der Waals surface area contributed by atoms with Gasteiger partial charge in [0.25, 0.3) is 11.5 Å². The molecular weight excluding hydrogens is 381 g/mol. The zero-order valence-electron chi connectivity index (χ0n) is 14.2. The van der Waals surface area contributed by atoms with Crippen LogP contribution in [0.1, 0.15) is 11.3 Å². The van der Waals surface area contributed by atoms with Crippen molar-refractivity contribution in [2.45, 2.75) is 12.7 Å². The highest BCUT2D eigenvalue weighted by Gasteiger charge is 2.33. The molecule has 27 heavy (non-hydrogen) atoms. The topological polar surface area (TPSA) is 67.9 Å². The number of nitrogens with zero attached hydrogens (tertiary/aromatic N) is 2. The molecule has 0 saturated heterocycles. The average Bonchev–Trinajstić information content (AvgIpc) is 3.03. The van der Waals surface area contributed by atoms with Gasteiger partial charge in [0.2, 0.25) is 0 Å². The van der Waals surface area contributed by atoms with Crippen LogP contribution in [0.25, 0.3) is 4.96 Å². The van der Waals surface area contributed by atoms with Crippen LogP contribution in [-0.2, 0) is 17.5 Å². The quantitative estimate of drug-likeness (QED) is 0.685. The van der Waals surface area contributed by atoms with Crippen LogP contribution in [0.3, 0.4) is 0 Å². The van der Waals surface area contributed by atoms with Gasteiger partial charge in [0.1, 0.15) is 12.2 Å². The second-order valence-corrected chi connectivity index (χ2v) is 6.92. The summed E-state index contributed by atoms with van der Waals surface area (Å²) in [4.78, 5) is 29.7. The lowest BCUT2D eigenvalue weighted by Crippen LogP contribution is -3.08. The number of nitrogens with one attached hydrogen (secondary N) is 2. The number of hydrogen-bond acceptors (Lipinski definition) is 4. The van der Waals surface area contributed by atoms with Gasteiger partial charge in [-0.1, -0.05) is 12.1 Å². The molecule has 3 rings (SSSR count). The van der Waals surface area contributed by atoms with E-state index in [-0.39, 0.29) is 24.3 Å². The number of anilines is 1. The predicted octanol–water partition coefficient (Wildman–Crippen LogP) is 1.43. The molecular formula is C17H16F3N4O2S+. The van der Waals surface area contributed by atoms with Gasteiger partial charge in [0.15, 0.2) is 11.5 Å². The maximum atomic E-state index is 13.0. The minimum absolute atomic E-state index is 0.0717. The second-order valence-electron chi connectivity index (χ2n) is 6.04. The third-order valence-corrected chi connectivity index (χ3v) is 4.56. The highest BCUT2D eigenvalue weighted by atomic mass is 32.1. The van der Waals surface area contributed by atoms with Gasteiger partial charge in [-0.25, -0.2) is 4.98 Å². The standard InChI is InChI=1S/C17H15F3N4O2S/c1-23(9-11-8-15(26)24-6-7-27-16(24)21-11)10-14(25)22-13-5-3-2-4-12(13)17(18,19)20/h2-8H,9-10H2,1H3,(H,22,25)/p+1. The van der Waals surface area contributed by atoms with Crippen LogP contribution in [0, 0.1) is 0 Å². The zero-order valence-corrected chi connectivity index (χ0v) is 15.0. The number of halogens is 3. The molecule has 0 radical (unpaired) electrons. The number of aromatic nitrogens is 2. The molecule has 1 aromatic carbocycles. The summed E-state index contributed by atoms with van der Waals surface area (Å²) < 4.78 is 40.4. The molecule has 6 nitrogen and oxygen atoms in total. The number of thiazole rings is 1. The number of hydrogen-bond donors (Lipinski definition) is 2. The SMILES string of the molecule is C[NH+](CC(=O)Nc1ccccc1C(F)(F)F)Cc1cc(=O)n2ccsc2n1. The molecule has 2 N–H and O–H groups in total. The van der Waals surface area contributed by atoms with E-state index in [1.165, 1.54) is 40.0 Å². The number of benzene rings is 1. The Balaban J connectivity index is 1.66. The molecule has 0 fully saturated rings. The molecule has 10 heteroatoms. The summed E-state index contributed by atoms with van der Waals surface area (Å²) >= 11 is 1.32. The molecule has 0 aliphatic carbocycles. The molecule has 1 amide bonds. The van der Waals surface area contributed by atoms with Gasteiger partial charge in [-0.15, -0.1) is 11.3 Å². The van der Waals surface area contributed by atoms with Crippen molar-refractivity contribution in [2.75, 3.05) is 18.9 Å². The van der Waals surface area contributed by atoms with Crippen molar-refractivity contribution in [1.82, 2.24) is 9.38 Å². The molecule has 3 aromatic rings. The third kappa shape index (κ3) is 4.52. The van der Waals surface area contributed by atoms with Gasteiger partial charge in [0, 0.05) is 17.6 Å². The van der Waals surface area contributed by atoms with Gasteiger partial charge in [-0.3, -0.25) is 14.0 Å². The fraction of sp³-hybridized carbons (Fsp3) is 0.235. The zero-order chi connectivity index (χ0) is 19.6. The molecule has 1 unspecified atom stereocenters. The Morgan fingerprint density at radius 2 is 2.07 bits per heavy atom. The van der Waals surface area contributed by atoms with Crippen molar-refractivity contribution < 1.29 is 22.9 Å². The molecule has 2 aromatic heterocycles. The first kappa shape index (κ1) is 19.1. The van der Waals surface area contributed by atoms with Gasteiger partial charge in [0.05, 0.1) is 18.3 Å². The smallest absolute Gasteiger partial charge is 0.325 e. The van der Waals surface area contributed by atoms with Crippen LogP contribution in [0.4, 0.5) is 18.9 Å². The largest absolute Gasteiger partial charge is 0.418 e. The van der Waals surface area contributed by atoms with Gasteiger partial charge < -0.3 is 10.2 Å². The summed E-state index contributed by atoms with van der Waals surface area (Å²) in [6.45, 7) is 0.218. The molecule has 0 bridgehead atoms. The Hall–Kier alpha value is -2.72. The Kier molecular flexibility index (Phi) is 5.29. The summed E-state index contributed by atoms with van der Waals surface area (Å²) in [5.41, 5.74) is -0.871. The Morgan fingerprint density at radius 3 is 2.81 bits per heavy atom. The average molecular weight is 397 g/mol. The lowest BCUT2D eigenvalue weighted by molar-refractivity contribution is -0.885. The van der Waals surface area contributed by atoms with Crippen LogP contribution < -0.4 is 15.8 Å². The van der Waals surface area contributed by atoms with Crippen LogP contribution >= 0.6 is 11.3 Å². The normalized spacial score (nSPS) is 12.9. The van der Waals surface area contributed by atoms with Gasteiger partial charge >= 0.3 is 6.18 Å². The molecule has 2 heterocycles. The molecule has 1 atom stereocenters. The van der Waals surface area contributed by atoms with E-state index >= 15 is 0 Å². The van der Waals surface area contributed by atoms with Crippen molar-refractivity contribution in [2.24, 2.45) is 0 Å². The van der Waals surface area contributed by atoms with Crippen molar-refractivity contribution in [1.29, 1.82) is 0 Å². The summed E-state index contributed by atoms with van der Waals surface area (Å²) in [5, 5.41) is 4.05. The van der Waals surface area contributed by atoms with Gasteiger partial charge in [-0.2, -0.15) is 13.2 Å². The minimum Gasteiger partial charge on any atom is -0.325 e. The highest BCUT2D eigenvalue weighted by Crippen LogP contribution is 2.34. The number of quaternary nitrogens is 1. The maximum Gasteiger partial charge on any atom is 0.418 e. The number of alkyl halides is 3. The molecule has 142 valence electrons. The molecule has 0 spiro atoms. The van der Waals surface area contributed by atoms with E-state index in [0.717, 1.165) is 6.07 Å². The minimum atomic E-state index is -4.55. The first-order valence-electron chi connectivity index (χ1n) is 7.97. The number of likely N-dealkylation sites (N-methyl/N-ethyl adjacent to an activating group) is 1. The lowest BCUT2D eigenvalue weighted by Gasteiger charge is -2.16. The summed E-state index contributed by atoms with van der Waals surface area (Å²) in [7, 11) is 1.70. The predicted molar refractivity (Wildman–Crippen MR) is 94.9 cm³/mol. The Morgan fingerprint density at radius 1 is 1.33 bits per heavy atom. The monoisotopic (exact) mass is 397 g/mol. The number of para-hydroxylation sites is 1. The Labute approximate surface area is 155 Å². The van der Waals surface area contributed by atoms with Crippen molar-refractivity contribution >= 4 is 27.9 Å². The lowest BCUT2D eigenvalue weighted by atomic mass is 10.1. The number of amides is 1. The first-order valence-corrected chi connectivity index (χ1v) is 8.85. The van der Waals surface area contributed by atoms with Crippen LogP contribution in [-0.4, -0.2) is 28.9 Å². The van der Waals surface area contributed by atoms with E-state index in [0.29, 0.717) is 15.6 Å². The van der Waals surface area contributed by atoms with E-state index in [1.54, 1.807) is 18.6 Å². The number of fused-ring (bicyclic) bond motifs is 1. The van der Waals surface area contributed by atoms with Crippen LogP contribution in [0.5, 0.6) is 0 Å². The van der Waals surface area contributed by atoms with Crippen molar-refractivity contribution in [3.05, 3.63) is 63.5 Å². The molecule has 0 saturated carbocycles. The maximum absolute atomic E-state index is 13.0. The van der Waals surface area contributed by atoms with E-state index in [1.807, 2.05) is 0 Å². The number of rotatable bonds is 5. The van der Waals surface area contributed by atoms with Crippen molar-refractivity contribution in [3.8, 4) is 0 Å². The third-order valence-electron chi connectivity index (χ3n) is 3.81. The fourth-order valence-electron chi connectivity index (χ4n) is 2.66. The molecule has 0 aliphatic heterocycles. The van der Waals surface area contributed by atoms with Crippen molar-refractivity contribution in [3.63, 3.8) is 0 Å². The van der Waals surface area contributed by atoms with Gasteiger partial charge in [-0.05, 0) is 12.1 Å². The van der Waals surface area contributed by atoms with E-state index in [9.17, 15) is 22.8 Å². The highest BCUT2D eigenvalue weighted by molar-refractivity contribution is 7.15. The first-order chi connectivity index (χ1) is 12.7. The summed E-state index contributed by atoms with van der Waals surface area (Å²) in [6.07, 6.45) is -2.92.